The van der Waals surface area contributed by atoms with E-state index in [-0.39, 0.29) is 5.78 Å². The summed E-state index contributed by atoms with van der Waals surface area (Å²) in [5.41, 5.74) is 0. The quantitative estimate of drug-likeness (QED) is 0.482. The predicted octanol–water partition coefficient (Wildman–Crippen LogP) is 4.39. The summed E-state index contributed by atoms with van der Waals surface area (Å²) in [5.74, 6) is 1.58. The summed E-state index contributed by atoms with van der Waals surface area (Å²) < 4.78 is 5.42. The van der Waals surface area contributed by atoms with Gasteiger partial charge in [-0.25, -0.2) is 0 Å². The van der Waals surface area contributed by atoms with Crippen LogP contribution in [0, 0.1) is 0 Å². The first-order valence-corrected chi connectivity index (χ1v) is 6.39. The molecule has 0 aliphatic rings. The molecule has 0 atom stereocenters. The van der Waals surface area contributed by atoms with Crippen LogP contribution in [0.25, 0.3) is 0 Å². The lowest BCUT2D eigenvalue weighted by Gasteiger charge is -1.98. The van der Waals surface area contributed by atoms with Gasteiger partial charge in [0.1, 0.15) is 5.76 Å². The molecule has 0 bridgehead atoms. The third-order valence-corrected chi connectivity index (χ3v) is 2.79. The molecule has 0 saturated heterocycles. The maximum absolute atomic E-state index is 11.7. The number of furan rings is 1. The Morgan fingerprint density at radius 3 is 2.50 bits per heavy atom. The van der Waals surface area contributed by atoms with Crippen LogP contribution in [0.3, 0.4) is 0 Å². The molecule has 0 aliphatic heterocycles. The molecule has 2 heteroatoms. The van der Waals surface area contributed by atoms with Gasteiger partial charge in [-0.2, -0.15) is 0 Å². The fourth-order valence-corrected chi connectivity index (χ4v) is 1.73. The maximum atomic E-state index is 11.7. The summed E-state index contributed by atoms with van der Waals surface area (Å²) >= 11 is 0. The Morgan fingerprint density at radius 2 is 1.88 bits per heavy atom. The van der Waals surface area contributed by atoms with Gasteiger partial charge in [0.15, 0.2) is 11.5 Å². The number of ketones is 1. The van der Waals surface area contributed by atoms with Crippen molar-refractivity contribution in [3.8, 4) is 0 Å². The molecule has 0 amide bonds. The monoisotopic (exact) mass is 222 g/mol. The Bertz CT molecular complexity index is 312. The first kappa shape index (κ1) is 13.0. The summed E-state index contributed by atoms with van der Waals surface area (Å²) in [6.07, 6.45) is 7.37. The lowest BCUT2D eigenvalue weighted by Crippen LogP contribution is -1.96. The number of rotatable bonds is 8. The first-order chi connectivity index (χ1) is 7.77. The lowest BCUT2D eigenvalue weighted by molar-refractivity contribution is 0.0950. The van der Waals surface area contributed by atoms with Gasteiger partial charge in [-0.3, -0.25) is 4.79 Å². The second-order valence-corrected chi connectivity index (χ2v) is 4.21. The third-order valence-electron chi connectivity index (χ3n) is 2.79. The highest BCUT2D eigenvalue weighted by Crippen LogP contribution is 2.13. The Balaban J connectivity index is 2.24. The maximum Gasteiger partial charge on any atom is 0.197 e. The summed E-state index contributed by atoms with van der Waals surface area (Å²) in [6, 6.07) is 3.69. The van der Waals surface area contributed by atoms with Gasteiger partial charge in [0.25, 0.3) is 0 Å². The summed E-state index contributed by atoms with van der Waals surface area (Å²) in [7, 11) is 0. The number of unbranched alkanes of at least 4 members (excludes halogenated alkanes) is 4. The van der Waals surface area contributed by atoms with Gasteiger partial charge in [0.05, 0.1) is 0 Å². The van der Waals surface area contributed by atoms with Crippen molar-refractivity contribution in [1.29, 1.82) is 0 Å². The van der Waals surface area contributed by atoms with Crippen molar-refractivity contribution in [2.24, 2.45) is 0 Å². The van der Waals surface area contributed by atoms with E-state index in [0.717, 1.165) is 25.0 Å². The molecule has 0 N–H and O–H groups in total. The Kier molecular flexibility index (Phi) is 5.91. The van der Waals surface area contributed by atoms with E-state index >= 15 is 0 Å². The smallest absolute Gasteiger partial charge is 0.197 e. The van der Waals surface area contributed by atoms with Gasteiger partial charge < -0.3 is 4.42 Å². The largest absolute Gasteiger partial charge is 0.458 e. The molecule has 0 saturated carbocycles. The van der Waals surface area contributed by atoms with Crippen LogP contribution in [0.5, 0.6) is 0 Å². The first-order valence-electron chi connectivity index (χ1n) is 6.39. The number of carbonyl (C=O) groups excluding carboxylic acids is 1. The van der Waals surface area contributed by atoms with Crippen molar-refractivity contribution in [3.05, 3.63) is 23.7 Å². The Labute approximate surface area is 98.0 Å². The molecule has 0 spiro atoms. The second-order valence-electron chi connectivity index (χ2n) is 4.21. The molecule has 90 valence electrons. The fraction of sp³-hybridized carbons (Fsp3) is 0.643. The number of aryl methyl sites for hydroxylation is 1. The Hall–Kier alpha value is -1.05. The van der Waals surface area contributed by atoms with E-state index in [9.17, 15) is 4.79 Å². The van der Waals surface area contributed by atoms with E-state index in [1.807, 2.05) is 13.0 Å². The van der Waals surface area contributed by atoms with Crippen LogP contribution < -0.4 is 0 Å². The highest BCUT2D eigenvalue weighted by molar-refractivity contribution is 5.93. The molecule has 1 heterocycles. The van der Waals surface area contributed by atoms with Gasteiger partial charge in [-0.1, -0.05) is 39.5 Å². The van der Waals surface area contributed by atoms with Gasteiger partial charge in [0, 0.05) is 12.8 Å². The zero-order valence-electron chi connectivity index (χ0n) is 10.4. The molecule has 1 rings (SSSR count). The highest BCUT2D eigenvalue weighted by Gasteiger charge is 2.09. The van der Waals surface area contributed by atoms with Crippen molar-refractivity contribution < 1.29 is 9.21 Å². The molecule has 0 aromatic carbocycles. The van der Waals surface area contributed by atoms with E-state index in [0.29, 0.717) is 12.2 Å². The number of carbonyl (C=O) groups is 1. The fourth-order valence-electron chi connectivity index (χ4n) is 1.73. The van der Waals surface area contributed by atoms with Crippen LogP contribution in [-0.4, -0.2) is 5.78 Å². The SMILES string of the molecule is CCCCCCCC(=O)c1ccc(CC)o1. The zero-order chi connectivity index (χ0) is 11.8. The molecule has 0 fully saturated rings. The van der Waals surface area contributed by atoms with Crippen molar-refractivity contribution in [3.63, 3.8) is 0 Å². The molecule has 0 aliphatic carbocycles. The van der Waals surface area contributed by atoms with Crippen LogP contribution in [0.1, 0.15) is 68.7 Å². The van der Waals surface area contributed by atoms with Crippen LogP contribution in [0.2, 0.25) is 0 Å². The number of Topliss-reactive ketones (excluding diaryl/α,β-unsaturated/α-hetero) is 1. The predicted molar refractivity (Wildman–Crippen MR) is 65.8 cm³/mol. The zero-order valence-corrected chi connectivity index (χ0v) is 10.4. The van der Waals surface area contributed by atoms with E-state index < -0.39 is 0 Å². The second kappa shape index (κ2) is 7.26. The molecular formula is C14H22O2. The molecule has 0 unspecified atom stereocenters. The summed E-state index contributed by atoms with van der Waals surface area (Å²) in [6.45, 7) is 4.22. The summed E-state index contributed by atoms with van der Waals surface area (Å²) in [4.78, 5) is 11.7. The number of hydrogen-bond donors (Lipinski definition) is 0. The van der Waals surface area contributed by atoms with Crippen molar-refractivity contribution >= 4 is 5.78 Å². The summed E-state index contributed by atoms with van der Waals surface area (Å²) in [5, 5.41) is 0. The van der Waals surface area contributed by atoms with Crippen molar-refractivity contribution in [2.75, 3.05) is 0 Å². The van der Waals surface area contributed by atoms with Gasteiger partial charge in [0.2, 0.25) is 0 Å². The van der Waals surface area contributed by atoms with Gasteiger partial charge >= 0.3 is 0 Å². The van der Waals surface area contributed by atoms with Gasteiger partial charge in [-0.15, -0.1) is 0 Å². The lowest BCUT2D eigenvalue weighted by atomic mass is 10.1. The molecule has 1 aromatic rings. The van der Waals surface area contributed by atoms with Crippen LogP contribution in [-0.2, 0) is 6.42 Å². The molecule has 1 aromatic heterocycles. The third kappa shape index (κ3) is 4.21. The van der Waals surface area contributed by atoms with Gasteiger partial charge in [-0.05, 0) is 18.6 Å². The molecular weight excluding hydrogens is 200 g/mol. The minimum absolute atomic E-state index is 0.149. The standard InChI is InChI=1S/C14H22O2/c1-3-5-6-7-8-9-13(15)14-11-10-12(4-2)16-14/h10-11H,3-9H2,1-2H3. The van der Waals surface area contributed by atoms with E-state index in [4.69, 9.17) is 4.42 Å². The number of hydrogen-bond acceptors (Lipinski definition) is 2. The van der Waals surface area contributed by atoms with E-state index in [2.05, 4.69) is 6.92 Å². The van der Waals surface area contributed by atoms with E-state index in [1.165, 1.54) is 19.3 Å². The van der Waals surface area contributed by atoms with Crippen LogP contribution in [0.4, 0.5) is 0 Å². The van der Waals surface area contributed by atoms with E-state index in [1.54, 1.807) is 6.07 Å². The van der Waals surface area contributed by atoms with Crippen molar-refractivity contribution in [2.45, 2.75) is 58.8 Å². The topological polar surface area (TPSA) is 30.2 Å². The average molecular weight is 222 g/mol. The normalized spacial score (nSPS) is 10.6. The highest BCUT2D eigenvalue weighted by atomic mass is 16.3. The van der Waals surface area contributed by atoms with Crippen LogP contribution in [0.15, 0.2) is 16.5 Å². The Morgan fingerprint density at radius 1 is 1.12 bits per heavy atom. The average Bonchev–Trinajstić information content (AvgIpc) is 2.77. The van der Waals surface area contributed by atoms with Crippen molar-refractivity contribution in [1.82, 2.24) is 0 Å². The minimum Gasteiger partial charge on any atom is -0.458 e. The molecule has 2 nitrogen and oxygen atoms in total. The molecule has 0 radical (unpaired) electrons. The van der Waals surface area contributed by atoms with Crippen LogP contribution >= 0.6 is 0 Å². The molecule has 16 heavy (non-hydrogen) atoms. The minimum atomic E-state index is 0.149.